The van der Waals surface area contributed by atoms with Crippen molar-refractivity contribution in [1.29, 1.82) is 5.26 Å². The molecule has 0 saturated carbocycles. The van der Waals surface area contributed by atoms with Crippen LogP contribution in [0.1, 0.15) is 28.4 Å². The molecule has 7 nitrogen and oxygen atoms in total. The number of allylic oxidation sites excluding steroid dienone is 1. The van der Waals surface area contributed by atoms with Crippen LogP contribution in [-0.2, 0) is 0 Å². The number of nitriles is 1. The molecular weight excluding hydrogens is 324 g/mol. The van der Waals surface area contributed by atoms with Crippen LogP contribution in [0.25, 0.3) is 11.6 Å². The molecule has 0 bridgehead atoms. The number of carboxylic acids is 1. The molecule has 0 spiro atoms. The summed E-state index contributed by atoms with van der Waals surface area (Å²) in [6, 6.07) is 12.2. The fourth-order valence-corrected chi connectivity index (χ4v) is 2.20. The van der Waals surface area contributed by atoms with Crippen molar-refractivity contribution in [1.82, 2.24) is 0 Å². The summed E-state index contributed by atoms with van der Waals surface area (Å²) in [5, 5.41) is 29.3. The molecule has 1 N–H and O–H groups in total. The standard InChI is InChI=1S/C18H14N2O5/c1-2-25-17-8-3-12(10-16(17)18(21)22)9-14(11-19)13-4-6-15(7-5-13)20(23)24/h3-10H,2H2,1H3,(H,21,22). The Morgan fingerprint density at radius 1 is 1.32 bits per heavy atom. The fraction of sp³-hybridized carbons (Fsp3) is 0.111. The van der Waals surface area contributed by atoms with Gasteiger partial charge in [-0.05, 0) is 48.4 Å². The van der Waals surface area contributed by atoms with Crippen LogP contribution in [-0.4, -0.2) is 22.6 Å². The molecule has 0 aromatic heterocycles. The third-order valence-electron chi connectivity index (χ3n) is 3.35. The lowest BCUT2D eigenvalue weighted by molar-refractivity contribution is -0.384. The van der Waals surface area contributed by atoms with Gasteiger partial charge in [-0.25, -0.2) is 4.79 Å². The maximum absolute atomic E-state index is 11.3. The first-order valence-electron chi connectivity index (χ1n) is 7.33. The number of nitro groups is 1. The van der Waals surface area contributed by atoms with Crippen LogP contribution in [0, 0.1) is 21.4 Å². The Balaban J connectivity index is 2.42. The van der Waals surface area contributed by atoms with Gasteiger partial charge in [0.1, 0.15) is 11.3 Å². The Morgan fingerprint density at radius 3 is 2.52 bits per heavy atom. The van der Waals surface area contributed by atoms with Gasteiger partial charge in [0, 0.05) is 12.1 Å². The van der Waals surface area contributed by atoms with Crippen LogP contribution in [0.15, 0.2) is 42.5 Å². The first-order valence-corrected chi connectivity index (χ1v) is 7.33. The van der Waals surface area contributed by atoms with E-state index in [2.05, 4.69) is 0 Å². The monoisotopic (exact) mass is 338 g/mol. The fourth-order valence-electron chi connectivity index (χ4n) is 2.20. The Hall–Kier alpha value is -3.66. The largest absolute Gasteiger partial charge is 0.493 e. The summed E-state index contributed by atoms with van der Waals surface area (Å²) < 4.78 is 5.27. The third kappa shape index (κ3) is 4.20. The zero-order valence-electron chi connectivity index (χ0n) is 13.3. The second-order valence-electron chi connectivity index (χ2n) is 4.97. The van der Waals surface area contributed by atoms with E-state index in [0.717, 1.165) is 0 Å². The molecule has 7 heteroatoms. The van der Waals surface area contributed by atoms with E-state index in [1.54, 1.807) is 13.0 Å². The van der Waals surface area contributed by atoms with Gasteiger partial charge >= 0.3 is 5.97 Å². The van der Waals surface area contributed by atoms with E-state index in [4.69, 9.17) is 4.74 Å². The van der Waals surface area contributed by atoms with Crippen LogP contribution in [0.3, 0.4) is 0 Å². The van der Waals surface area contributed by atoms with Crippen molar-refractivity contribution in [2.45, 2.75) is 6.92 Å². The SMILES string of the molecule is CCOc1ccc(C=C(C#N)c2ccc([N+](=O)[O-])cc2)cc1C(=O)O. The minimum Gasteiger partial charge on any atom is -0.493 e. The third-order valence-corrected chi connectivity index (χ3v) is 3.35. The van der Waals surface area contributed by atoms with Gasteiger partial charge in [0.25, 0.3) is 5.69 Å². The van der Waals surface area contributed by atoms with Gasteiger partial charge in [0.2, 0.25) is 0 Å². The van der Waals surface area contributed by atoms with E-state index < -0.39 is 10.9 Å². The number of nitrogens with zero attached hydrogens (tertiary/aromatic N) is 2. The van der Waals surface area contributed by atoms with E-state index in [1.165, 1.54) is 42.5 Å². The number of carboxylic acid groups (broad SMARTS) is 1. The molecule has 2 rings (SSSR count). The highest BCUT2D eigenvalue weighted by molar-refractivity contribution is 5.94. The molecule has 0 fully saturated rings. The van der Waals surface area contributed by atoms with E-state index in [-0.39, 0.29) is 22.6 Å². The number of ether oxygens (including phenoxy) is 1. The first-order chi connectivity index (χ1) is 12.0. The second kappa shape index (κ2) is 7.75. The number of nitro benzene ring substituents is 1. The van der Waals surface area contributed by atoms with Gasteiger partial charge < -0.3 is 9.84 Å². The molecule has 0 radical (unpaired) electrons. The Kier molecular flexibility index (Phi) is 5.48. The Bertz CT molecular complexity index is 879. The lowest BCUT2D eigenvalue weighted by Crippen LogP contribution is -2.03. The van der Waals surface area contributed by atoms with Gasteiger partial charge in [0.05, 0.1) is 23.2 Å². The van der Waals surface area contributed by atoms with Crippen molar-refractivity contribution in [3.05, 3.63) is 69.3 Å². The zero-order chi connectivity index (χ0) is 18.4. The average molecular weight is 338 g/mol. The number of benzene rings is 2. The van der Waals surface area contributed by atoms with Crippen molar-refractivity contribution in [3.8, 4) is 11.8 Å². The van der Waals surface area contributed by atoms with Crippen LogP contribution >= 0.6 is 0 Å². The highest BCUT2D eigenvalue weighted by atomic mass is 16.6. The summed E-state index contributed by atoms with van der Waals surface area (Å²) in [6.07, 6.45) is 1.52. The number of carbonyl (C=O) groups is 1. The molecule has 0 aliphatic carbocycles. The van der Waals surface area contributed by atoms with Crippen LogP contribution in [0.4, 0.5) is 5.69 Å². The van der Waals surface area contributed by atoms with Crippen LogP contribution in [0.5, 0.6) is 5.75 Å². The van der Waals surface area contributed by atoms with Gasteiger partial charge in [-0.15, -0.1) is 0 Å². The maximum Gasteiger partial charge on any atom is 0.339 e. The molecule has 0 saturated heterocycles. The molecule has 0 aliphatic rings. The van der Waals surface area contributed by atoms with Crippen molar-refractivity contribution in [2.24, 2.45) is 0 Å². The number of hydrogen-bond acceptors (Lipinski definition) is 5. The van der Waals surface area contributed by atoms with Gasteiger partial charge in [-0.3, -0.25) is 10.1 Å². The number of non-ortho nitro benzene ring substituents is 1. The lowest BCUT2D eigenvalue weighted by Gasteiger charge is -2.08. The maximum atomic E-state index is 11.3. The van der Waals surface area contributed by atoms with Crippen molar-refractivity contribution in [2.75, 3.05) is 6.61 Å². The molecule has 25 heavy (non-hydrogen) atoms. The molecule has 126 valence electrons. The summed E-state index contributed by atoms with van der Waals surface area (Å²) in [5.74, 6) is -0.881. The van der Waals surface area contributed by atoms with Crippen molar-refractivity contribution < 1.29 is 19.6 Å². The molecule has 0 amide bonds. The predicted molar refractivity (Wildman–Crippen MR) is 91.2 cm³/mol. The topological polar surface area (TPSA) is 113 Å². The minimum absolute atomic E-state index is 0.00316. The van der Waals surface area contributed by atoms with Gasteiger partial charge in [-0.2, -0.15) is 5.26 Å². The normalized spacial score (nSPS) is 10.8. The van der Waals surface area contributed by atoms with Crippen LogP contribution < -0.4 is 4.74 Å². The Morgan fingerprint density at radius 2 is 2.00 bits per heavy atom. The van der Waals surface area contributed by atoms with E-state index in [9.17, 15) is 25.3 Å². The highest BCUT2D eigenvalue weighted by Crippen LogP contribution is 2.25. The Labute approximate surface area is 143 Å². The van der Waals surface area contributed by atoms with Crippen molar-refractivity contribution >= 4 is 23.3 Å². The average Bonchev–Trinajstić information content (AvgIpc) is 2.60. The molecule has 2 aromatic rings. The number of aromatic carboxylic acids is 1. The number of hydrogen-bond donors (Lipinski definition) is 1. The molecule has 2 aromatic carbocycles. The summed E-state index contributed by atoms with van der Waals surface area (Å²) in [5.41, 5.74) is 1.19. The quantitative estimate of drug-likeness (QED) is 0.371. The smallest absolute Gasteiger partial charge is 0.339 e. The molecule has 0 unspecified atom stereocenters. The van der Waals surface area contributed by atoms with E-state index >= 15 is 0 Å². The predicted octanol–water partition coefficient (Wildman–Crippen LogP) is 3.76. The minimum atomic E-state index is -1.13. The molecule has 0 heterocycles. The number of rotatable bonds is 6. The molecule has 0 aliphatic heterocycles. The van der Waals surface area contributed by atoms with E-state index in [0.29, 0.717) is 17.7 Å². The van der Waals surface area contributed by atoms with Crippen LogP contribution in [0.2, 0.25) is 0 Å². The summed E-state index contributed by atoms with van der Waals surface area (Å²) in [6.45, 7) is 2.09. The summed E-state index contributed by atoms with van der Waals surface area (Å²) >= 11 is 0. The van der Waals surface area contributed by atoms with E-state index in [1.807, 2.05) is 6.07 Å². The van der Waals surface area contributed by atoms with Crippen molar-refractivity contribution in [3.63, 3.8) is 0 Å². The highest BCUT2D eigenvalue weighted by Gasteiger charge is 2.12. The van der Waals surface area contributed by atoms with Gasteiger partial charge in [0.15, 0.2) is 0 Å². The lowest BCUT2D eigenvalue weighted by atomic mass is 10.0. The van der Waals surface area contributed by atoms with Gasteiger partial charge in [-0.1, -0.05) is 6.07 Å². The summed E-state index contributed by atoms with van der Waals surface area (Å²) in [7, 11) is 0. The zero-order valence-corrected chi connectivity index (χ0v) is 13.3. The first kappa shape index (κ1) is 17.7. The summed E-state index contributed by atoms with van der Waals surface area (Å²) in [4.78, 5) is 21.5. The molecule has 0 atom stereocenters. The second-order valence-corrected chi connectivity index (χ2v) is 4.97. The molecular formula is C18H14N2O5.